The van der Waals surface area contributed by atoms with E-state index in [0.29, 0.717) is 10.2 Å². The van der Waals surface area contributed by atoms with Crippen LogP contribution in [0.3, 0.4) is 0 Å². The van der Waals surface area contributed by atoms with Crippen LogP contribution in [0.2, 0.25) is 0 Å². The maximum Gasteiger partial charge on any atom is 0.139 e. The lowest BCUT2D eigenvalue weighted by molar-refractivity contribution is -0.0612. The van der Waals surface area contributed by atoms with Gasteiger partial charge in [0.1, 0.15) is 5.82 Å². The molecular weight excluding hydrogens is 323 g/mol. The number of hydrogen-bond donors (Lipinski definition) is 2. The Labute approximate surface area is 127 Å². The van der Waals surface area contributed by atoms with Crippen LogP contribution in [0.1, 0.15) is 32.1 Å². The van der Waals surface area contributed by atoms with Crippen molar-refractivity contribution in [2.75, 3.05) is 23.7 Å². The Hall–Kier alpha value is -0.810. The number of nitrogens with zero attached hydrogens (tertiary/aromatic N) is 1. The summed E-state index contributed by atoms with van der Waals surface area (Å²) in [5, 5.41) is 10.7. The van der Waals surface area contributed by atoms with Gasteiger partial charge in [-0.1, -0.05) is 12.8 Å². The maximum atomic E-state index is 13.7. The van der Waals surface area contributed by atoms with Crippen LogP contribution in [0, 0.1) is 11.7 Å². The van der Waals surface area contributed by atoms with Crippen LogP contribution in [0.25, 0.3) is 0 Å². The number of rotatable bonds is 1. The zero-order chi connectivity index (χ0) is 14.3. The van der Waals surface area contributed by atoms with Gasteiger partial charge < -0.3 is 15.7 Å². The third kappa shape index (κ3) is 2.42. The van der Waals surface area contributed by atoms with Crippen molar-refractivity contribution in [3.63, 3.8) is 0 Å². The number of benzene rings is 1. The maximum absolute atomic E-state index is 13.7. The summed E-state index contributed by atoms with van der Waals surface area (Å²) in [7, 11) is 0. The van der Waals surface area contributed by atoms with Crippen LogP contribution in [0.5, 0.6) is 0 Å². The van der Waals surface area contributed by atoms with Crippen molar-refractivity contribution in [2.24, 2.45) is 5.92 Å². The molecule has 1 heterocycles. The molecule has 1 aliphatic heterocycles. The number of piperidine rings is 1. The van der Waals surface area contributed by atoms with Crippen LogP contribution in [0.4, 0.5) is 15.8 Å². The van der Waals surface area contributed by atoms with Crippen molar-refractivity contribution in [1.82, 2.24) is 0 Å². The van der Waals surface area contributed by atoms with Gasteiger partial charge in [0.25, 0.3) is 0 Å². The number of nitrogens with two attached hydrogens (primary N) is 1. The van der Waals surface area contributed by atoms with Crippen molar-refractivity contribution in [2.45, 2.75) is 37.7 Å². The third-order valence-corrected chi connectivity index (χ3v) is 5.45. The van der Waals surface area contributed by atoms with Crippen molar-refractivity contribution in [1.29, 1.82) is 0 Å². The highest BCUT2D eigenvalue weighted by Gasteiger charge is 2.43. The van der Waals surface area contributed by atoms with Crippen LogP contribution in [-0.2, 0) is 0 Å². The molecule has 2 fully saturated rings. The highest BCUT2D eigenvalue weighted by atomic mass is 79.9. The van der Waals surface area contributed by atoms with E-state index in [1.807, 2.05) is 0 Å². The second kappa shape index (κ2) is 5.19. The summed E-state index contributed by atoms with van der Waals surface area (Å²) in [4.78, 5) is 2.12. The van der Waals surface area contributed by atoms with E-state index in [2.05, 4.69) is 20.8 Å². The smallest absolute Gasteiger partial charge is 0.139 e. The Morgan fingerprint density at radius 1 is 1.35 bits per heavy atom. The number of fused-ring (bicyclic) bond motifs is 1. The quantitative estimate of drug-likeness (QED) is 0.770. The molecule has 2 aliphatic rings. The molecule has 5 heteroatoms. The standard InChI is InChI=1S/C15H20BrFN2O/c16-11-7-13(18)14(8-12(11)17)19-6-5-15(20)4-2-1-3-10(15)9-19/h7-8,10,20H,1-6,9,18H2. The fourth-order valence-electron chi connectivity index (χ4n) is 3.62. The van der Waals surface area contributed by atoms with Crippen LogP contribution in [0.15, 0.2) is 16.6 Å². The van der Waals surface area contributed by atoms with Gasteiger partial charge in [-0.05, 0) is 41.3 Å². The molecule has 2 unspecified atom stereocenters. The number of nitrogen functional groups attached to an aromatic ring is 1. The van der Waals surface area contributed by atoms with Crippen molar-refractivity contribution < 1.29 is 9.50 Å². The summed E-state index contributed by atoms with van der Waals surface area (Å²) in [6.45, 7) is 1.50. The molecule has 1 aromatic carbocycles. The summed E-state index contributed by atoms with van der Waals surface area (Å²) in [5.74, 6) is -0.0187. The number of anilines is 2. The molecular formula is C15H20BrFN2O. The Balaban J connectivity index is 1.84. The molecule has 1 aromatic rings. The fourth-order valence-corrected chi connectivity index (χ4v) is 3.98. The number of halogens is 2. The van der Waals surface area contributed by atoms with Gasteiger partial charge in [-0.2, -0.15) is 0 Å². The Bertz CT molecular complexity index is 525. The molecule has 0 aromatic heterocycles. The van der Waals surface area contributed by atoms with Gasteiger partial charge >= 0.3 is 0 Å². The van der Waals surface area contributed by atoms with Crippen LogP contribution < -0.4 is 10.6 Å². The lowest BCUT2D eigenvalue weighted by Gasteiger charge is -2.48. The summed E-state index contributed by atoms with van der Waals surface area (Å²) in [6.07, 6.45) is 4.98. The molecule has 0 radical (unpaired) electrons. The van der Waals surface area contributed by atoms with E-state index in [4.69, 9.17) is 5.73 Å². The highest BCUT2D eigenvalue weighted by molar-refractivity contribution is 9.10. The topological polar surface area (TPSA) is 49.5 Å². The molecule has 0 amide bonds. The van der Waals surface area contributed by atoms with Gasteiger partial charge in [0.2, 0.25) is 0 Å². The van der Waals surface area contributed by atoms with Gasteiger partial charge in [-0.3, -0.25) is 0 Å². The van der Waals surface area contributed by atoms with E-state index in [1.165, 1.54) is 12.5 Å². The first-order chi connectivity index (χ1) is 9.49. The van der Waals surface area contributed by atoms with Gasteiger partial charge in [-0.25, -0.2) is 4.39 Å². The van der Waals surface area contributed by atoms with E-state index < -0.39 is 5.60 Å². The van der Waals surface area contributed by atoms with Gasteiger partial charge in [-0.15, -0.1) is 0 Å². The normalized spacial score (nSPS) is 30.1. The second-order valence-corrected chi connectivity index (χ2v) is 6.92. The minimum absolute atomic E-state index is 0.274. The van der Waals surface area contributed by atoms with Gasteiger partial charge in [0, 0.05) is 25.1 Å². The van der Waals surface area contributed by atoms with E-state index in [1.54, 1.807) is 6.07 Å². The average Bonchev–Trinajstić information content (AvgIpc) is 2.42. The molecule has 1 saturated carbocycles. The summed E-state index contributed by atoms with van der Waals surface area (Å²) in [5.41, 5.74) is 6.84. The van der Waals surface area contributed by atoms with E-state index in [9.17, 15) is 9.50 Å². The first kappa shape index (κ1) is 14.1. The van der Waals surface area contributed by atoms with E-state index in [-0.39, 0.29) is 11.7 Å². The number of aliphatic hydroxyl groups is 1. The lowest BCUT2D eigenvalue weighted by atomic mass is 9.71. The van der Waals surface area contributed by atoms with Gasteiger partial charge in [0.05, 0.1) is 21.4 Å². The van der Waals surface area contributed by atoms with Crippen molar-refractivity contribution >= 4 is 27.3 Å². The largest absolute Gasteiger partial charge is 0.397 e. The fraction of sp³-hybridized carbons (Fsp3) is 0.600. The molecule has 3 N–H and O–H groups in total. The third-order valence-electron chi connectivity index (χ3n) is 4.84. The molecule has 110 valence electrons. The first-order valence-corrected chi connectivity index (χ1v) is 8.01. The molecule has 3 nitrogen and oxygen atoms in total. The Morgan fingerprint density at radius 2 is 2.15 bits per heavy atom. The van der Waals surface area contributed by atoms with Crippen molar-refractivity contribution in [3.05, 3.63) is 22.4 Å². The van der Waals surface area contributed by atoms with E-state index >= 15 is 0 Å². The average molecular weight is 343 g/mol. The Kier molecular flexibility index (Phi) is 3.67. The summed E-state index contributed by atoms with van der Waals surface area (Å²) in [6, 6.07) is 3.11. The predicted molar refractivity (Wildman–Crippen MR) is 82.3 cm³/mol. The predicted octanol–water partition coefficient (Wildman–Crippen LogP) is 3.30. The molecule has 2 atom stereocenters. The van der Waals surface area contributed by atoms with Crippen LogP contribution in [-0.4, -0.2) is 23.8 Å². The Morgan fingerprint density at radius 3 is 2.95 bits per heavy atom. The zero-order valence-electron chi connectivity index (χ0n) is 11.4. The first-order valence-electron chi connectivity index (χ1n) is 7.21. The zero-order valence-corrected chi connectivity index (χ0v) is 13.0. The molecule has 1 saturated heterocycles. The highest BCUT2D eigenvalue weighted by Crippen LogP contribution is 2.42. The summed E-state index contributed by atoms with van der Waals surface area (Å²) >= 11 is 3.15. The summed E-state index contributed by atoms with van der Waals surface area (Å²) < 4.78 is 14.1. The molecule has 1 aliphatic carbocycles. The monoisotopic (exact) mass is 342 g/mol. The molecule has 3 rings (SSSR count). The van der Waals surface area contributed by atoms with E-state index in [0.717, 1.165) is 44.5 Å². The SMILES string of the molecule is Nc1cc(Br)c(F)cc1N1CCC2(O)CCCCC2C1. The molecule has 20 heavy (non-hydrogen) atoms. The van der Waals surface area contributed by atoms with Gasteiger partial charge in [0.15, 0.2) is 0 Å². The minimum Gasteiger partial charge on any atom is -0.397 e. The van der Waals surface area contributed by atoms with Crippen molar-refractivity contribution in [3.8, 4) is 0 Å². The minimum atomic E-state index is -0.516. The molecule has 0 bridgehead atoms. The number of hydrogen-bond acceptors (Lipinski definition) is 3. The lowest BCUT2D eigenvalue weighted by Crippen LogP contribution is -2.53. The molecule has 0 spiro atoms. The second-order valence-electron chi connectivity index (χ2n) is 6.07. The van der Waals surface area contributed by atoms with Crippen LogP contribution >= 0.6 is 15.9 Å².